The van der Waals surface area contributed by atoms with Crippen LogP contribution in [-0.2, 0) is 16.0 Å². The maximum Gasteiger partial charge on any atom is 0.573 e. The Morgan fingerprint density at radius 1 is 1.20 bits per heavy atom. The fourth-order valence-electron chi connectivity index (χ4n) is 2.04. The quantitative estimate of drug-likeness (QED) is 0.703. The number of amides is 1. The second-order valence-electron chi connectivity index (χ2n) is 5.68. The summed E-state index contributed by atoms with van der Waals surface area (Å²) < 4.78 is 40.0. The number of rotatable bonds is 9. The predicted octanol–water partition coefficient (Wildman–Crippen LogP) is 2.04. The van der Waals surface area contributed by atoms with Gasteiger partial charge in [0.1, 0.15) is 5.75 Å². The molecule has 0 saturated carbocycles. The lowest BCUT2D eigenvalue weighted by molar-refractivity contribution is -0.274. The largest absolute Gasteiger partial charge is 0.573 e. The van der Waals surface area contributed by atoms with E-state index in [0.29, 0.717) is 6.42 Å². The monoisotopic (exact) mass is 362 g/mol. The van der Waals surface area contributed by atoms with E-state index < -0.39 is 12.3 Å². The van der Waals surface area contributed by atoms with Gasteiger partial charge in [-0.1, -0.05) is 12.1 Å². The van der Waals surface area contributed by atoms with Crippen LogP contribution >= 0.6 is 0 Å². The van der Waals surface area contributed by atoms with E-state index >= 15 is 0 Å². The standard InChI is InChI=1S/C16H21F3N2O4/c1-11(2)21(10-15(23)24)9-14(22)20-8-7-12-3-5-13(6-4-12)25-16(17,18)19/h3-6,11H,7-10H2,1-2H3,(H,20,22)(H,23,24). The van der Waals surface area contributed by atoms with E-state index in [1.54, 1.807) is 13.8 Å². The number of hydrogen-bond acceptors (Lipinski definition) is 4. The van der Waals surface area contributed by atoms with Crippen LogP contribution in [0.1, 0.15) is 19.4 Å². The van der Waals surface area contributed by atoms with E-state index in [1.165, 1.54) is 29.2 Å². The Kier molecular flexibility index (Phi) is 7.69. The van der Waals surface area contributed by atoms with Crippen LogP contribution in [0.15, 0.2) is 24.3 Å². The number of nitrogens with one attached hydrogen (secondary N) is 1. The normalized spacial score (nSPS) is 11.6. The zero-order valence-corrected chi connectivity index (χ0v) is 14.0. The van der Waals surface area contributed by atoms with Gasteiger partial charge in [-0.25, -0.2) is 0 Å². The number of ether oxygens (including phenoxy) is 1. The van der Waals surface area contributed by atoms with Gasteiger partial charge in [0.2, 0.25) is 5.91 Å². The average molecular weight is 362 g/mol. The summed E-state index contributed by atoms with van der Waals surface area (Å²) in [5.41, 5.74) is 0.737. The molecule has 0 bridgehead atoms. The molecular formula is C16H21F3N2O4. The first-order valence-electron chi connectivity index (χ1n) is 7.64. The molecule has 0 aromatic heterocycles. The fraction of sp³-hybridized carbons (Fsp3) is 0.500. The third kappa shape index (κ3) is 8.94. The zero-order valence-electron chi connectivity index (χ0n) is 14.0. The number of aliphatic carboxylic acids is 1. The Bertz CT molecular complexity index is 574. The molecule has 1 aromatic rings. The first-order chi connectivity index (χ1) is 11.6. The molecule has 140 valence electrons. The molecule has 1 rings (SSSR count). The lowest BCUT2D eigenvalue weighted by Gasteiger charge is -2.23. The molecule has 0 spiro atoms. The van der Waals surface area contributed by atoms with Crippen molar-refractivity contribution in [1.82, 2.24) is 10.2 Å². The Morgan fingerprint density at radius 3 is 2.28 bits per heavy atom. The van der Waals surface area contributed by atoms with Crippen molar-refractivity contribution in [2.75, 3.05) is 19.6 Å². The highest BCUT2D eigenvalue weighted by Crippen LogP contribution is 2.22. The molecule has 0 fully saturated rings. The van der Waals surface area contributed by atoms with E-state index in [0.717, 1.165) is 5.56 Å². The van der Waals surface area contributed by atoms with Crippen molar-refractivity contribution in [3.63, 3.8) is 0 Å². The molecule has 0 heterocycles. The van der Waals surface area contributed by atoms with Crippen molar-refractivity contribution >= 4 is 11.9 Å². The molecule has 25 heavy (non-hydrogen) atoms. The van der Waals surface area contributed by atoms with Crippen LogP contribution in [0.4, 0.5) is 13.2 Å². The van der Waals surface area contributed by atoms with Gasteiger partial charge < -0.3 is 15.2 Å². The smallest absolute Gasteiger partial charge is 0.480 e. The Labute approximate surface area is 143 Å². The van der Waals surface area contributed by atoms with Crippen molar-refractivity contribution in [3.8, 4) is 5.75 Å². The second-order valence-corrected chi connectivity index (χ2v) is 5.68. The Hall–Kier alpha value is -2.29. The molecule has 9 heteroatoms. The molecule has 0 aliphatic carbocycles. The van der Waals surface area contributed by atoms with Gasteiger partial charge in [0.05, 0.1) is 13.1 Å². The highest BCUT2D eigenvalue weighted by atomic mass is 19.4. The Balaban J connectivity index is 2.41. The van der Waals surface area contributed by atoms with Crippen LogP contribution in [0, 0.1) is 0 Å². The second kappa shape index (κ2) is 9.26. The lowest BCUT2D eigenvalue weighted by atomic mass is 10.1. The van der Waals surface area contributed by atoms with Gasteiger partial charge in [-0.2, -0.15) is 0 Å². The zero-order chi connectivity index (χ0) is 19.0. The molecule has 2 N–H and O–H groups in total. The number of benzene rings is 1. The van der Waals surface area contributed by atoms with Gasteiger partial charge in [-0.05, 0) is 38.0 Å². The van der Waals surface area contributed by atoms with Gasteiger partial charge in [0.25, 0.3) is 0 Å². The minimum atomic E-state index is -4.73. The minimum Gasteiger partial charge on any atom is -0.480 e. The minimum absolute atomic E-state index is 0.0394. The highest BCUT2D eigenvalue weighted by molar-refractivity contribution is 5.79. The maximum absolute atomic E-state index is 12.1. The maximum atomic E-state index is 12.1. The Morgan fingerprint density at radius 2 is 1.80 bits per heavy atom. The summed E-state index contributed by atoms with van der Waals surface area (Å²) in [6.45, 7) is 3.60. The van der Waals surface area contributed by atoms with Gasteiger partial charge in [-0.15, -0.1) is 13.2 Å². The molecular weight excluding hydrogens is 341 g/mol. The first kappa shape index (κ1) is 20.8. The van der Waals surface area contributed by atoms with Crippen LogP contribution in [0.2, 0.25) is 0 Å². The lowest BCUT2D eigenvalue weighted by Crippen LogP contribution is -2.43. The number of alkyl halides is 3. The van der Waals surface area contributed by atoms with Crippen LogP contribution in [0.3, 0.4) is 0 Å². The van der Waals surface area contributed by atoms with Crippen LogP contribution in [0.5, 0.6) is 5.75 Å². The summed E-state index contributed by atoms with van der Waals surface area (Å²) in [5, 5.41) is 11.5. The van der Waals surface area contributed by atoms with Gasteiger partial charge in [0, 0.05) is 12.6 Å². The molecule has 0 aliphatic rings. The van der Waals surface area contributed by atoms with E-state index in [1.807, 2.05) is 0 Å². The summed E-state index contributed by atoms with van der Waals surface area (Å²) in [6, 6.07) is 5.29. The summed E-state index contributed by atoms with van der Waals surface area (Å²) in [7, 11) is 0. The van der Waals surface area contributed by atoms with Crippen molar-refractivity contribution in [3.05, 3.63) is 29.8 Å². The molecule has 0 radical (unpaired) electrons. The van der Waals surface area contributed by atoms with E-state index in [2.05, 4.69) is 10.1 Å². The number of hydrogen-bond donors (Lipinski definition) is 2. The summed E-state index contributed by atoms with van der Waals surface area (Å²) >= 11 is 0. The van der Waals surface area contributed by atoms with Crippen molar-refractivity contribution in [2.24, 2.45) is 0 Å². The third-order valence-corrected chi connectivity index (χ3v) is 3.31. The van der Waals surface area contributed by atoms with E-state index in [-0.39, 0.29) is 37.3 Å². The molecule has 0 atom stereocenters. The van der Waals surface area contributed by atoms with Crippen LogP contribution < -0.4 is 10.1 Å². The number of nitrogens with zero attached hydrogens (tertiary/aromatic N) is 1. The number of carbonyl (C=O) groups is 2. The van der Waals surface area contributed by atoms with Gasteiger partial charge in [-0.3, -0.25) is 14.5 Å². The molecule has 0 unspecified atom stereocenters. The molecule has 0 aliphatic heterocycles. The van der Waals surface area contributed by atoms with Crippen molar-refractivity contribution in [2.45, 2.75) is 32.7 Å². The van der Waals surface area contributed by atoms with E-state index in [4.69, 9.17) is 5.11 Å². The first-order valence-corrected chi connectivity index (χ1v) is 7.64. The van der Waals surface area contributed by atoms with Crippen LogP contribution in [-0.4, -0.2) is 53.9 Å². The third-order valence-electron chi connectivity index (χ3n) is 3.31. The highest BCUT2D eigenvalue weighted by Gasteiger charge is 2.30. The number of carbonyl (C=O) groups excluding carboxylic acids is 1. The SMILES string of the molecule is CC(C)N(CC(=O)O)CC(=O)NCCc1ccc(OC(F)(F)F)cc1. The van der Waals surface area contributed by atoms with Crippen LogP contribution in [0.25, 0.3) is 0 Å². The number of carboxylic acids is 1. The van der Waals surface area contributed by atoms with Gasteiger partial charge in [0.15, 0.2) is 0 Å². The summed E-state index contributed by atoms with van der Waals surface area (Å²) in [5.74, 6) is -1.63. The van der Waals surface area contributed by atoms with Crippen molar-refractivity contribution < 1.29 is 32.6 Å². The fourth-order valence-corrected chi connectivity index (χ4v) is 2.04. The molecule has 1 aromatic carbocycles. The van der Waals surface area contributed by atoms with Crippen molar-refractivity contribution in [1.29, 1.82) is 0 Å². The average Bonchev–Trinajstić information content (AvgIpc) is 2.46. The number of carboxylic acid groups (broad SMARTS) is 1. The number of halogens is 3. The molecule has 1 amide bonds. The predicted molar refractivity (Wildman–Crippen MR) is 84.2 cm³/mol. The summed E-state index contributed by atoms with van der Waals surface area (Å²) in [6.07, 6.45) is -4.30. The molecule has 6 nitrogen and oxygen atoms in total. The summed E-state index contributed by atoms with van der Waals surface area (Å²) in [4.78, 5) is 24.1. The molecule has 0 saturated heterocycles. The topological polar surface area (TPSA) is 78.9 Å². The van der Waals surface area contributed by atoms with E-state index in [9.17, 15) is 22.8 Å². The van der Waals surface area contributed by atoms with Gasteiger partial charge >= 0.3 is 12.3 Å².